The summed E-state index contributed by atoms with van der Waals surface area (Å²) in [4.78, 5) is 24.7. The van der Waals surface area contributed by atoms with Crippen LogP contribution in [0.3, 0.4) is 0 Å². The minimum absolute atomic E-state index is 0.0286. The second-order valence-corrected chi connectivity index (χ2v) is 9.52. The molecule has 0 radical (unpaired) electrons. The Balaban J connectivity index is 1.71. The Hall–Kier alpha value is -3.10. The molecule has 1 atom stereocenters. The van der Waals surface area contributed by atoms with Crippen molar-refractivity contribution in [2.24, 2.45) is 0 Å². The molecule has 184 valence electrons. The highest BCUT2D eigenvalue weighted by molar-refractivity contribution is 6.30. The molecule has 35 heavy (non-hydrogen) atoms. The summed E-state index contributed by atoms with van der Waals surface area (Å²) in [6.45, 7) is 5.53. The normalized spacial score (nSPS) is 18.3. The lowest BCUT2D eigenvalue weighted by atomic mass is 9.99. The first-order chi connectivity index (χ1) is 16.9. The highest BCUT2D eigenvalue weighted by Gasteiger charge is 2.45. The molecule has 1 saturated heterocycles. The van der Waals surface area contributed by atoms with Crippen LogP contribution in [0.2, 0.25) is 5.02 Å². The summed E-state index contributed by atoms with van der Waals surface area (Å²) in [5.74, 6) is 0.424. The Kier molecular flexibility index (Phi) is 6.42. The van der Waals surface area contributed by atoms with Crippen molar-refractivity contribution in [3.8, 4) is 23.1 Å². The van der Waals surface area contributed by atoms with Crippen molar-refractivity contribution in [2.75, 3.05) is 27.4 Å². The number of carbonyl (C=O) groups excluding carboxylic acids is 1. The van der Waals surface area contributed by atoms with Crippen molar-refractivity contribution in [3.05, 3.63) is 58.4 Å². The smallest absolute Gasteiger partial charge is 0.319 e. The van der Waals surface area contributed by atoms with Gasteiger partial charge in [-0.05, 0) is 50.5 Å². The summed E-state index contributed by atoms with van der Waals surface area (Å²) in [6, 6.07) is 9.89. The monoisotopic (exact) mass is 496 g/mol. The van der Waals surface area contributed by atoms with E-state index in [4.69, 9.17) is 25.8 Å². The van der Waals surface area contributed by atoms with Crippen LogP contribution in [0.15, 0.2) is 36.5 Å². The number of nitrogens with zero attached hydrogens (tertiary/aromatic N) is 4. The lowest BCUT2D eigenvalue weighted by molar-refractivity contribution is 0.0242. The molecule has 4 heterocycles. The van der Waals surface area contributed by atoms with Crippen molar-refractivity contribution in [1.82, 2.24) is 19.4 Å². The fourth-order valence-corrected chi connectivity index (χ4v) is 5.35. The molecule has 9 heteroatoms. The van der Waals surface area contributed by atoms with Gasteiger partial charge in [0.2, 0.25) is 5.88 Å². The van der Waals surface area contributed by atoms with Gasteiger partial charge in [-0.15, -0.1) is 0 Å². The van der Waals surface area contributed by atoms with Gasteiger partial charge >= 0.3 is 6.01 Å². The number of carbonyl (C=O) groups is 1. The Labute approximate surface area is 209 Å². The maximum absolute atomic E-state index is 14.0. The van der Waals surface area contributed by atoms with Gasteiger partial charge in [-0.25, -0.2) is 4.98 Å². The summed E-state index contributed by atoms with van der Waals surface area (Å²) in [5.41, 5.74) is 4.22. The summed E-state index contributed by atoms with van der Waals surface area (Å²) >= 11 is 6.22. The lowest BCUT2D eigenvalue weighted by Gasteiger charge is -2.37. The van der Waals surface area contributed by atoms with Crippen LogP contribution in [0.1, 0.15) is 60.4 Å². The molecule has 3 aromatic rings. The van der Waals surface area contributed by atoms with Crippen molar-refractivity contribution in [3.63, 3.8) is 0 Å². The summed E-state index contributed by atoms with van der Waals surface area (Å²) in [7, 11) is 3.08. The molecule has 0 saturated carbocycles. The van der Waals surface area contributed by atoms with Gasteiger partial charge in [0.05, 0.1) is 42.8 Å². The molecular formula is C26H29ClN4O4. The van der Waals surface area contributed by atoms with Crippen LogP contribution in [0.5, 0.6) is 11.9 Å². The number of amides is 1. The average molecular weight is 497 g/mol. The minimum atomic E-state index is -0.237. The largest absolute Gasteiger partial charge is 0.480 e. The predicted molar refractivity (Wildman–Crippen MR) is 132 cm³/mol. The number of rotatable bonds is 6. The number of halogens is 1. The Morgan fingerprint density at radius 1 is 1.09 bits per heavy atom. The van der Waals surface area contributed by atoms with Crippen LogP contribution in [-0.2, 0) is 4.74 Å². The quantitative estimate of drug-likeness (QED) is 0.482. The van der Waals surface area contributed by atoms with E-state index in [-0.39, 0.29) is 30.0 Å². The van der Waals surface area contributed by atoms with Gasteiger partial charge in [0, 0.05) is 36.5 Å². The van der Waals surface area contributed by atoms with Crippen LogP contribution in [-0.4, -0.2) is 58.8 Å². The molecule has 0 spiro atoms. The molecule has 0 aliphatic carbocycles. The molecule has 5 rings (SSSR count). The minimum Gasteiger partial charge on any atom is -0.480 e. The second-order valence-electron chi connectivity index (χ2n) is 9.08. The first-order valence-corrected chi connectivity index (χ1v) is 12.2. The number of fused-ring (bicyclic) bond motifs is 1. The standard InChI is InChI=1S/C26H29ClN4O4/c1-15(2)30-21(20-14-28-26(34-4)29-24(20)33-3)13-19-23(30)22(16-5-7-17(27)8-6-16)31(25(19)32)18-9-11-35-12-10-18/h5-8,13-15,18,22H,9-12H2,1-4H3. The number of aromatic nitrogens is 3. The average Bonchev–Trinajstić information content (AvgIpc) is 3.40. The Morgan fingerprint density at radius 3 is 2.43 bits per heavy atom. The molecule has 0 bridgehead atoms. The SMILES string of the molecule is COc1ncc(-c2cc3c(n2C(C)C)C(c2ccc(Cl)cc2)N(C2CCOCC2)C3=O)c(OC)n1. The van der Waals surface area contributed by atoms with Crippen molar-refractivity contribution in [2.45, 2.75) is 44.8 Å². The molecule has 1 amide bonds. The Morgan fingerprint density at radius 2 is 1.80 bits per heavy atom. The van der Waals surface area contributed by atoms with Crippen LogP contribution in [0, 0.1) is 0 Å². The van der Waals surface area contributed by atoms with Gasteiger partial charge in [0.25, 0.3) is 5.91 Å². The molecule has 2 aliphatic heterocycles. The zero-order valence-corrected chi connectivity index (χ0v) is 21.1. The lowest BCUT2D eigenvalue weighted by Crippen LogP contribution is -2.42. The summed E-state index contributed by atoms with van der Waals surface area (Å²) in [5, 5.41) is 0.663. The van der Waals surface area contributed by atoms with E-state index in [1.807, 2.05) is 35.2 Å². The highest BCUT2D eigenvalue weighted by atomic mass is 35.5. The predicted octanol–water partition coefficient (Wildman–Crippen LogP) is 4.92. The van der Waals surface area contributed by atoms with E-state index in [1.165, 1.54) is 7.11 Å². The van der Waals surface area contributed by atoms with Crippen LogP contribution >= 0.6 is 11.6 Å². The zero-order chi connectivity index (χ0) is 24.7. The van der Waals surface area contributed by atoms with E-state index in [0.717, 1.165) is 29.8 Å². The van der Waals surface area contributed by atoms with E-state index in [2.05, 4.69) is 28.4 Å². The maximum Gasteiger partial charge on any atom is 0.319 e. The number of benzene rings is 1. The number of hydrogen-bond acceptors (Lipinski definition) is 6. The van der Waals surface area contributed by atoms with E-state index >= 15 is 0 Å². The molecule has 1 unspecified atom stereocenters. The van der Waals surface area contributed by atoms with Gasteiger partial charge in [0.1, 0.15) is 0 Å². The van der Waals surface area contributed by atoms with E-state index in [9.17, 15) is 4.79 Å². The number of hydrogen-bond donors (Lipinski definition) is 0. The highest BCUT2D eigenvalue weighted by Crippen LogP contribution is 2.47. The summed E-state index contributed by atoms with van der Waals surface area (Å²) in [6.07, 6.45) is 3.32. The molecule has 0 N–H and O–H groups in total. The van der Waals surface area contributed by atoms with Gasteiger partial charge < -0.3 is 23.7 Å². The molecule has 1 fully saturated rings. The van der Waals surface area contributed by atoms with Crippen molar-refractivity contribution in [1.29, 1.82) is 0 Å². The third kappa shape index (κ3) is 4.04. The van der Waals surface area contributed by atoms with E-state index in [0.29, 0.717) is 35.2 Å². The molecular weight excluding hydrogens is 468 g/mol. The van der Waals surface area contributed by atoms with E-state index < -0.39 is 0 Å². The third-order valence-corrected chi connectivity index (χ3v) is 7.00. The fraction of sp³-hybridized carbons (Fsp3) is 0.423. The van der Waals surface area contributed by atoms with Gasteiger partial charge in [-0.1, -0.05) is 23.7 Å². The topological polar surface area (TPSA) is 78.7 Å². The Bertz CT molecular complexity index is 1230. The third-order valence-electron chi connectivity index (χ3n) is 6.75. The van der Waals surface area contributed by atoms with Gasteiger partial charge in [-0.2, -0.15) is 4.98 Å². The molecule has 1 aromatic carbocycles. The first-order valence-electron chi connectivity index (χ1n) is 11.8. The number of methoxy groups -OCH3 is 2. The first kappa shape index (κ1) is 23.6. The van der Waals surface area contributed by atoms with E-state index in [1.54, 1.807) is 13.3 Å². The molecule has 8 nitrogen and oxygen atoms in total. The van der Waals surface area contributed by atoms with Crippen molar-refractivity contribution < 1.29 is 19.0 Å². The van der Waals surface area contributed by atoms with Gasteiger partial charge in [-0.3, -0.25) is 4.79 Å². The fourth-order valence-electron chi connectivity index (χ4n) is 5.23. The second kappa shape index (κ2) is 9.51. The maximum atomic E-state index is 14.0. The van der Waals surface area contributed by atoms with Crippen LogP contribution in [0.25, 0.3) is 11.3 Å². The van der Waals surface area contributed by atoms with Gasteiger partial charge in [0.15, 0.2) is 0 Å². The van der Waals surface area contributed by atoms with Crippen LogP contribution in [0.4, 0.5) is 0 Å². The summed E-state index contributed by atoms with van der Waals surface area (Å²) < 4.78 is 18.6. The zero-order valence-electron chi connectivity index (χ0n) is 20.3. The molecule has 2 aromatic heterocycles. The van der Waals surface area contributed by atoms with Crippen molar-refractivity contribution >= 4 is 17.5 Å². The van der Waals surface area contributed by atoms with Crippen LogP contribution < -0.4 is 9.47 Å². The molecule has 2 aliphatic rings. The number of ether oxygens (including phenoxy) is 3.